The molecule has 0 atom stereocenters. The molecular weight excluding hydrogens is 240 g/mol. The van der Waals surface area contributed by atoms with E-state index in [0.29, 0.717) is 22.7 Å². The summed E-state index contributed by atoms with van der Waals surface area (Å²) in [7, 11) is 0. The minimum Gasteiger partial charge on any atom is -0.455 e. The van der Waals surface area contributed by atoms with Gasteiger partial charge in [-0.3, -0.25) is 4.79 Å². The van der Waals surface area contributed by atoms with Gasteiger partial charge in [-0.15, -0.1) is 0 Å². The summed E-state index contributed by atoms with van der Waals surface area (Å²) in [6.45, 7) is 2.07. The van der Waals surface area contributed by atoms with Gasteiger partial charge in [0.2, 0.25) is 5.91 Å². The average Bonchev–Trinajstić information content (AvgIpc) is 2.41. The number of benzene rings is 2. The molecule has 0 unspecified atom stereocenters. The van der Waals surface area contributed by atoms with E-state index >= 15 is 0 Å². The quantitative estimate of drug-likeness (QED) is 0.825. The van der Waals surface area contributed by atoms with Gasteiger partial charge in [-0.05, 0) is 42.3 Å². The number of nitrogens with two attached hydrogens (primary N) is 2. The van der Waals surface area contributed by atoms with Crippen molar-refractivity contribution in [2.45, 2.75) is 13.3 Å². The van der Waals surface area contributed by atoms with Crippen molar-refractivity contribution in [1.82, 2.24) is 0 Å². The molecular formula is C15H16N2O2. The molecule has 0 aromatic heterocycles. The molecule has 0 fully saturated rings. The zero-order chi connectivity index (χ0) is 13.8. The van der Waals surface area contributed by atoms with Crippen LogP contribution < -0.4 is 16.2 Å². The number of hydrogen-bond donors (Lipinski definition) is 2. The molecule has 4 N–H and O–H groups in total. The number of nitrogen functional groups attached to an aromatic ring is 1. The van der Waals surface area contributed by atoms with Crippen LogP contribution in [-0.2, 0) is 6.42 Å². The van der Waals surface area contributed by atoms with E-state index in [1.165, 1.54) is 5.56 Å². The monoisotopic (exact) mass is 256 g/mol. The lowest BCUT2D eigenvalue weighted by Gasteiger charge is -2.10. The van der Waals surface area contributed by atoms with Crippen LogP contribution in [0.25, 0.3) is 0 Å². The van der Waals surface area contributed by atoms with Crippen molar-refractivity contribution in [3.8, 4) is 11.5 Å². The molecule has 0 heterocycles. The van der Waals surface area contributed by atoms with Crippen molar-refractivity contribution in [2.24, 2.45) is 5.73 Å². The third-order valence-electron chi connectivity index (χ3n) is 2.83. The highest BCUT2D eigenvalue weighted by Gasteiger charge is 2.07. The van der Waals surface area contributed by atoms with Crippen LogP contribution in [0.5, 0.6) is 11.5 Å². The molecule has 0 aliphatic rings. The molecule has 19 heavy (non-hydrogen) atoms. The Bertz CT molecular complexity index is 609. The van der Waals surface area contributed by atoms with Crippen LogP contribution in [0.4, 0.5) is 5.69 Å². The Hall–Kier alpha value is -2.49. The normalized spacial score (nSPS) is 10.2. The lowest BCUT2D eigenvalue weighted by atomic mass is 10.1. The summed E-state index contributed by atoms with van der Waals surface area (Å²) in [4.78, 5) is 11.1. The van der Waals surface area contributed by atoms with Crippen molar-refractivity contribution in [3.05, 3.63) is 53.6 Å². The van der Waals surface area contributed by atoms with Crippen LogP contribution >= 0.6 is 0 Å². The minimum atomic E-state index is -0.507. The smallest absolute Gasteiger partial charge is 0.248 e. The second kappa shape index (κ2) is 5.44. The van der Waals surface area contributed by atoms with Gasteiger partial charge in [-0.1, -0.05) is 19.1 Å². The molecule has 0 saturated heterocycles. The maximum absolute atomic E-state index is 11.1. The molecule has 2 aromatic carbocycles. The Kier molecular flexibility index (Phi) is 3.71. The Balaban J connectivity index is 2.31. The molecule has 0 aliphatic heterocycles. The molecule has 0 aliphatic carbocycles. The van der Waals surface area contributed by atoms with E-state index in [1.807, 2.05) is 24.3 Å². The fourth-order valence-electron chi connectivity index (χ4n) is 1.73. The van der Waals surface area contributed by atoms with Crippen LogP contribution in [0.1, 0.15) is 22.8 Å². The SMILES string of the molecule is CCc1cccc(Oc2cc(C(N)=O)ccc2N)c1. The number of carbonyl (C=O) groups excluding carboxylic acids is 1. The first kappa shape index (κ1) is 13.0. The van der Waals surface area contributed by atoms with Gasteiger partial charge in [0.25, 0.3) is 0 Å². The van der Waals surface area contributed by atoms with Gasteiger partial charge in [0.05, 0.1) is 5.69 Å². The Labute approximate surface area is 112 Å². The third-order valence-corrected chi connectivity index (χ3v) is 2.83. The maximum atomic E-state index is 11.1. The maximum Gasteiger partial charge on any atom is 0.248 e. The number of anilines is 1. The molecule has 4 heteroatoms. The molecule has 0 saturated carbocycles. The standard InChI is InChI=1S/C15H16N2O2/c1-2-10-4-3-5-12(8-10)19-14-9-11(15(17)18)6-7-13(14)16/h3-9H,2,16H2,1H3,(H2,17,18). The van der Waals surface area contributed by atoms with E-state index in [-0.39, 0.29) is 0 Å². The second-order valence-corrected chi connectivity index (χ2v) is 4.22. The molecule has 0 radical (unpaired) electrons. The van der Waals surface area contributed by atoms with E-state index in [9.17, 15) is 4.79 Å². The molecule has 4 nitrogen and oxygen atoms in total. The predicted octanol–water partition coefficient (Wildman–Crippen LogP) is 2.72. The zero-order valence-corrected chi connectivity index (χ0v) is 10.7. The number of rotatable bonds is 4. The molecule has 0 bridgehead atoms. The Morgan fingerprint density at radius 1 is 1.21 bits per heavy atom. The van der Waals surface area contributed by atoms with Gasteiger partial charge in [0.1, 0.15) is 5.75 Å². The number of amides is 1. The largest absolute Gasteiger partial charge is 0.455 e. The summed E-state index contributed by atoms with van der Waals surface area (Å²) in [5.41, 5.74) is 13.1. The van der Waals surface area contributed by atoms with E-state index in [1.54, 1.807) is 18.2 Å². The minimum absolute atomic E-state index is 0.371. The summed E-state index contributed by atoms with van der Waals surface area (Å²) in [5.74, 6) is 0.615. The van der Waals surface area contributed by atoms with Gasteiger partial charge in [0.15, 0.2) is 5.75 Å². The highest BCUT2D eigenvalue weighted by Crippen LogP contribution is 2.28. The summed E-state index contributed by atoms with van der Waals surface area (Å²) in [5, 5.41) is 0. The van der Waals surface area contributed by atoms with E-state index in [0.717, 1.165) is 6.42 Å². The van der Waals surface area contributed by atoms with Crippen LogP contribution in [-0.4, -0.2) is 5.91 Å². The fraction of sp³-hybridized carbons (Fsp3) is 0.133. The lowest BCUT2D eigenvalue weighted by molar-refractivity contribution is 0.1000. The van der Waals surface area contributed by atoms with E-state index < -0.39 is 5.91 Å². The summed E-state index contributed by atoms with van der Waals surface area (Å²) in [6.07, 6.45) is 0.925. The van der Waals surface area contributed by atoms with Crippen LogP contribution in [0.15, 0.2) is 42.5 Å². The van der Waals surface area contributed by atoms with Crippen molar-refractivity contribution < 1.29 is 9.53 Å². The zero-order valence-electron chi connectivity index (χ0n) is 10.7. The van der Waals surface area contributed by atoms with E-state index in [4.69, 9.17) is 16.2 Å². The summed E-state index contributed by atoms with van der Waals surface area (Å²) >= 11 is 0. The first-order valence-corrected chi connectivity index (χ1v) is 6.06. The van der Waals surface area contributed by atoms with Gasteiger partial charge < -0.3 is 16.2 Å². The second-order valence-electron chi connectivity index (χ2n) is 4.22. The summed E-state index contributed by atoms with van der Waals surface area (Å²) < 4.78 is 5.71. The number of ether oxygens (including phenoxy) is 1. The third kappa shape index (κ3) is 3.04. The number of hydrogen-bond acceptors (Lipinski definition) is 3. The van der Waals surface area contributed by atoms with E-state index in [2.05, 4.69) is 6.92 Å². The lowest BCUT2D eigenvalue weighted by Crippen LogP contribution is -2.11. The average molecular weight is 256 g/mol. The molecule has 98 valence electrons. The Morgan fingerprint density at radius 3 is 2.68 bits per heavy atom. The van der Waals surface area contributed by atoms with Gasteiger partial charge in [-0.25, -0.2) is 0 Å². The number of primary amides is 1. The molecule has 1 amide bonds. The van der Waals surface area contributed by atoms with Gasteiger partial charge in [0, 0.05) is 5.56 Å². The first-order valence-electron chi connectivity index (χ1n) is 6.06. The van der Waals surface area contributed by atoms with Crippen LogP contribution in [0, 0.1) is 0 Å². The number of carbonyl (C=O) groups is 1. The van der Waals surface area contributed by atoms with Gasteiger partial charge >= 0.3 is 0 Å². The predicted molar refractivity (Wildman–Crippen MR) is 75.3 cm³/mol. The number of aryl methyl sites for hydroxylation is 1. The molecule has 2 aromatic rings. The highest BCUT2D eigenvalue weighted by atomic mass is 16.5. The fourth-order valence-corrected chi connectivity index (χ4v) is 1.73. The molecule has 0 spiro atoms. The van der Waals surface area contributed by atoms with Crippen molar-refractivity contribution in [1.29, 1.82) is 0 Å². The highest BCUT2D eigenvalue weighted by molar-refractivity contribution is 5.93. The van der Waals surface area contributed by atoms with Crippen LogP contribution in [0.3, 0.4) is 0 Å². The van der Waals surface area contributed by atoms with Crippen molar-refractivity contribution in [2.75, 3.05) is 5.73 Å². The van der Waals surface area contributed by atoms with Crippen LogP contribution in [0.2, 0.25) is 0 Å². The molecule has 2 rings (SSSR count). The van der Waals surface area contributed by atoms with Gasteiger partial charge in [-0.2, -0.15) is 0 Å². The Morgan fingerprint density at radius 2 is 2.00 bits per heavy atom. The topological polar surface area (TPSA) is 78.3 Å². The first-order chi connectivity index (χ1) is 9.10. The van der Waals surface area contributed by atoms with Crippen molar-refractivity contribution >= 4 is 11.6 Å². The van der Waals surface area contributed by atoms with Crippen molar-refractivity contribution in [3.63, 3.8) is 0 Å². The summed E-state index contributed by atoms with van der Waals surface area (Å²) in [6, 6.07) is 12.5.